The number of amides is 1. The molecule has 0 atom stereocenters. The van der Waals surface area contributed by atoms with Crippen molar-refractivity contribution in [3.05, 3.63) is 29.3 Å². The third-order valence-electron chi connectivity index (χ3n) is 4.50. The van der Waals surface area contributed by atoms with Gasteiger partial charge in [0.25, 0.3) is 5.91 Å². The van der Waals surface area contributed by atoms with Gasteiger partial charge in [-0.25, -0.2) is 0 Å². The van der Waals surface area contributed by atoms with Crippen LogP contribution in [0.3, 0.4) is 0 Å². The summed E-state index contributed by atoms with van der Waals surface area (Å²) in [5.41, 5.74) is 1.74. The smallest absolute Gasteiger partial charge is 0.253 e. The summed E-state index contributed by atoms with van der Waals surface area (Å²) in [7, 11) is 0. The molecule has 21 heavy (non-hydrogen) atoms. The fourth-order valence-corrected chi connectivity index (χ4v) is 2.87. The monoisotopic (exact) mass is 287 g/mol. The van der Waals surface area contributed by atoms with Gasteiger partial charge in [-0.1, -0.05) is 0 Å². The van der Waals surface area contributed by atoms with Gasteiger partial charge >= 0.3 is 0 Å². The fraction of sp³-hybridized carbons (Fsp3) is 0.588. The van der Waals surface area contributed by atoms with Crippen LogP contribution in [0.2, 0.25) is 0 Å². The fourth-order valence-electron chi connectivity index (χ4n) is 2.87. The molecule has 1 aromatic rings. The van der Waals surface area contributed by atoms with E-state index in [4.69, 9.17) is 9.47 Å². The van der Waals surface area contributed by atoms with E-state index in [2.05, 4.69) is 4.90 Å². The van der Waals surface area contributed by atoms with Crippen molar-refractivity contribution in [1.29, 1.82) is 0 Å². The minimum atomic E-state index is 0.169. The molecular formula is C17H21NO3. The molecule has 4 rings (SSSR count). The van der Waals surface area contributed by atoms with E-state index in [0.717, 1.165) is 41.8 Å². The Balaban J connectivity index is 1.52. The number of hydrogen-bond acceptors (Lipinski definition) is 3. The summed E-state index contributed by atoms with van der Waals surface area (Å²) < 4.78 is 10.7. The van der Waals surface area contributed by atoms with Crippen LogP contribution in [0.4, 0.5) is 0 Å². The van der Waals surface area contributed by atoms with E-state index >= 15 is 0 Å². The molecule has 1 aromatic carbocycles. The zero-order valence-corrected chi connectivity index (χ0v) is 12.2. The third kappa shape index (κ3) is 3.05. The van der Waals surface area contributed by atoms with E-state index in [1.807, 2.05) is 18.2 Å². The molecule has 0 radical (unpaired) electrons. The molecule has 0 N–H and O–H groups in total. The summed E-state index contributed by atoms with van der Waals surface area (Å²) >= 11 is 0. The zero-order valence-electron chi connectivity index (χ0n) is 12.2. The first-order valence-corrected chi connectivity index (χ1v) is 7.92. The van der Waals surface area contributed by atoms with Gasteiger partial charge in [0, 0.05) is 24.2 Å². The molecule has 2 fully saturated rings. The lowest BCUT2D eigenvalue weighted by Crippen LogP contribution is -2.34. The molecule has 4 nitrogen and oxygen atoms in total. The van der Waals surface area contributed by atoms with Crippen molar-refractivity contribution < 1.29 is 14.3 Å². The summed E-state index contributed by atoms with van der Waals surface area (Å²) in [6.45, 7) is 2.69. The maximum atomic E-state index is 12.8. The molecule has 0 aromatic heterocycles. The first-order valence-electron chi connectivity index (χ1n) is 7.92. The number of nitrogens with zero attached hydrogens (tertiary/aromatic N) is 1. The van der Waals surface area contributed by atoms with Crippen LogP contribution in [0.25, 0.3) is 0 Å². The Morgan fingerprint density at radius 2 is 1.86 bits per heavy atom. The highest BCUT2D eigenvalue weighted by Crippen LogP contribution is 2.34. The summed E-state index contributed by atoms with van der Waals surface area (Å²) in [4.78, 5) is 14.9. The van der Waals surface area contributed by atoms with Gasteiger partial charge in [0.15, 0.2) is 6.79 Å². The number of ether oxygens (including phenoxy) is 2. The predicted molar refractivity (Wildman–Crippen MR) is 78.1 cm³/mol. The summed E-state index contributed by atoms with van der Waals surface area (Å²) in [5.74, 6) is 2.48. The lowest BCUT2D eigenvalue weighted by Gasteiger charge is -2.24. The average molecular weight is 287 g/mol. The summed E-state index contributed by atoms with van der Waals surface area (Å²) in [6.07, 6.45) is 5.11. The van der Waals surface area contributed by atoms with Crippen molar-refractivity contribution in [2.75, 3.05) is 19.9 Å². The van der Waals surface area contributed by atoms with E-state index in [1.54, 1.807) is 0 Å². The molecule has 0 saturated heterocycles. The van der Waals surface area contributed by atoms with Crippen molar-refractivity contribution in [3.8, 4) is 5.75 Å². The van der Waals surface area contributed by atoms with Crippen molar-refractivity contribution in [1.82, 2.24) is 4.90 Å². The minimum Gasteiger partial charge on any atom is -0.467 e. The highest BCUT2D eigenvalue weighted by Gasteiger charge is 2.32. The quantitative estimate of drug-likeness (QED) is 0.836. The highest BCUT2D eigenvalue weighted by atomic mass is 16.7. The Labute approximate surface area is 125 Å². The number of fused-ring (bicyclic) bond motifs is 1. The summed E-state index contributed by atoms with van der Waals surface area (Å²) in [5, 5.41) is 0. The first kappa shape index (κ1) is 13.1. The second kappa shape index (κ2) is 5.34. The maximum Gasteiger partial charge on any atom is 0.253 e. The first-order chi connectivity index (χ1) is 10.3. The van der Waals surface area contributed by atoms with Gasteiger partial charge in [0.2, 0.25) is 0 Å². The topological polar surface area (TPSA) is 38.8 Å². The molecule has 1 heterocycles. The third-order valence-corrected chi connectivity index (χ3v) is 4.50. The Morgan fingerprint density at radius 1 is 1.14 bits per heavy atom. The average Bonchev–Trinajstić information content (AvgIpc) is 3.41. The molecule has 112 valence electrons. The van der Waals surface area contributed by atoms with Gasteiger partial charge < -0.3 is 14.4 Å². The van der Waals surface area contributed by atoms with Crippen molar-refractivity contribution in [3.63, 3.8) is 0 Å². The molecule has 4 heteroatoms. The largest absolute Gasteiger partial charge is 0.467 e. The molecule has 0 unspecified atom stereocenters. The van der Waals surface area contributed by atoms with Crippen LogP contribution in [-0.4, -0.2) is 30.7 Å². The molecule has 2 saturated carbocycles. The number of benzene rings is 1. The lowest BCUT2D eigenvalue weighted by molar-refractivity contribution is -0.0164. The Hall–Kier alpha value is -1.55. The van der Waals surface area contributed by atoms with E-state index in [-0.39, 0.29) is 5.91 Å². The van der Waals surface area contributed by atoms with Gasteiger partial charge in [0.1, 0.15) is 5.75 Å². The van der Waals surface area contributed by atoms with Crippen molar-refractivity contribution in [2.24, 2.45) is 11.8 Å². The molecule has 0 bridgehead atoms. The van der Waals surface area contributed by atoms with Crippen LogP contribution in [0.1, 0.15) is 41.6 Å². The van der Waals surface area contributed by atoms with E-state index in [0.29, 0.717) is 13.4 Å². The molecule has 3 aliphatic rings. The van der Waals surface area contributed by atoms with Gasteiger partial charge in [0.05, 0.1) is 6.61 Å². The normalized spacial score (nSPS) is 20.6. The maximum absolute atomic E-state index is 12.8. The van der Waals surface area contributed by atoms with Gasteiger partial charge in [-0.15, -0.1) is 0 Å². The number of carbonyl (C=O) groups is 1. The van der Waals surface area contributed by atoms with Crippen molar-refractivity contribution in [2.45, 2.75) is 32.3 Å². The summed E-state index contributed by atoms with van der Waals surface area (Å²) in [6, 6.07) is 5.72. The van der Waals surface area contributed by atoms with E-state index < -0.39 is 0 Å². The number of rotatable bonds is 5. The van der Waals surface area contributed by atoms with Gasteiger partial charge in [-0.2, -0.15) is 0 Å². The van der Waals surface area contributed by atoms with Crippen LogP contribution in [-0.2, 0) is 11.3 Å². The predicted octanol–water partition coefficient (Wildman–Crippen LogP) is 2.82. The van der Waals surface area contributed by atoms with Crippen LogP contribution < -0.4 is 4.74 Å². The zero-order chi connectivity index (χ0) is 14.2. The van der Waals surface area contributed by atoms with E-state index in [9.17, 15) is 4.79 Å². The second-order valence-electron chi connectivity index (χ2n) is 6.53. The standard InChI is InChI=1S/C17H21NO3/c19-17(18(8-12-1-2-12)9-13-3-4-13)14-5-6-16-15(7-14)10-20-11-21-16/h5-7,12-13H,1-4,8-11H2. The SMILES string of the molecule is O=C(c1ccc2c(c1)COCO2)N(CC1CC1)CC1CC1. The Morgan fingerprint density at radius 3 is 2.52 bits per heavy atom. The number of hydrogen-bond donors (Lipinski definition) is 0. The van der Waals surface area contributed by atoms with Gasteiger partial charge in [-0.05, 0) is 55.7 Å². The lowest BCUT2D eigenvalue weighted by atomic mass is 10.1. The second-order valence-corrected chi connectivity index (χ2v) is 6.53. The van der Waals surface area contributed by atoms with Gasteiger partial charge in [-0.3, -0.25) is 4.79 Å². The van der Waals surface area contributed by atoms with E-state index in [1.165, 1.54) is 25.7 Å². The Bertz CT molecular complexity index is 535. The molecule has 2 aliphatic carbocycles. The molecule has 1 aliphatic heterocycles. The highest BCUT2D eigenvalue weighted by molar-refractivity contribution is 5.94. The van der Waals surface area contributed by atoms with Crippen LogP contribution >= 0.6 is 0 Å². The van der Waals surface area contributed by atoms with Crippen LogP contribution in [0.5, 0.6) is 5.75 Å². The van der Waals surface area contributed by atoms with Crippen LogP contribution in [0.15, 0.2) is 18.2 Å². The minimum absolute atomic E-state index is 0.169. The molecule has 0 spiro atoms. The number of carbonyl (C=O) groups excluding carboxylic acids is 1. The van der Waals surface area contributed by atoms with Crippen molar-refractivity contribution >= 4 is 5.91 Å². The molecule has 1 amide bonds. The molecular weight excluding hydrogens is 266 g/mol. The van der Waals surface area contributed by atoms with Crippen LogP contribution in [0, 0.1) is 11.8 Å². The Kier molecular flexibility index (Phi) is 3.34.